The number of carbonyl (C=O) groups excluding carboxylic acids is 1. The Kier molecular flexibility index (Phi) is 6.56. The molecule has 5 heteroatoms. The molecular weight excluding hydrogens is 310 g/mol. The molecule has 120 valence electrons. The first-order valence-corrected chi connectivity index (χ1v) is 8.10. The van der Waals surface area contributed by atoms with Crippen LogP contribution in [0.25, 0.3) is 0 Å². The van der Waals surface area contributed by atoms with Crippen LogP contribution in [-0.2, 0) is 4.79 Å². The van der Waals surface area contributed by atoms with Gasteiger partial charge in [0.2, 0.25) is 5.91 Å². The summed E-state index contributed by atoms with van der Waals surface area (Å²) in [6, 6.07) is 14.9. The van der Waals surface area contributed by atoms with Crippen molar-refractivity contribution < 1.29 is 14.3 Å². The van der Waals surface area contributed by atoms with Crippen molar-refractivity contribution in [3.05, 3.63) is 61.2 Å². The molecule has 0 aliphatic heterocycles. The molecule has 0 fully saturated rings. The molecule has 0 bridgehead atoms. The lowest BCUT2D eigenvalue weighted by Gasteiger charge is -2.07. The molecule has 2 aromatic carbocycles. The van der Waals surface area contributed by atoms with Crippen LogP contribution in [-0.4, -0.2) is 25.4 Å². The number of hydrogen-bond donors (Lipinski definition) is 1. The van der Waals surface area contributed by atoms with Crippen LogP contribution in [0.1, 0.15) is 0 Å². The Morgan fingerprint density at radius 3 is 2.39 bits per heavy atom. The highest BCUT2D eigenvalue weighted by Crippen LogP contribution is 2.22. The van der Waals surface area contributed by atoms with Crippen molar-refractivity contribution in [2.24, 2.45) is 0 Å². The summed E-state index contributed by atoms with van der Waals surface area (Å²) in [4.78, 5) is 13.0. The largest absolute Gasteiger partial charge is 0.497 e. The normalized spacial score (nSPS) is 9.96. The van der Waals surface area contributed by atoms with Crippen LogP contribution in [0, 0.1) is 0 Å². The molecule has 0 unspecified atom stereocenters. The minimum Gasteiger partial charge on any atom is -0.497 e. The van der Waals surface area contributed by atoms with Gasteiger partial charge < -0.3 is 14.8 Å². The number of rotatable bonds is 8. The highest BCUT2D eigenvalue weighted by atomic mass is 32.2. The summed E-state index contributed by atoms with van der Waals surface area (Å²) < 4.78 is 10.5. The lowest BCUT2D eigenvalue weighted by molar-refractivity contribution is -0.113. The zero-order valence-corrected chi connectivity index (χ0v) is 13.8. The molecule has 0 aromatic heterocycles. The summed E-state index contributed by atoms with van der Waals surface area (Å²) in [5, 5.41) is 2.86. The van der Waals surface area contributed by atoms with E-state index in [1.54, 1.807) is 13.2 Å². The van der Waals surface area contributed by atoms with Gasteiger partial charge in [0, 0.05) is 10.6 Å². The number of hydrogen-bond acceptors (Lipinski definition) is 4. The Morgan fingerprint density at radius 1 is 1.13 bits per heavy atom. The highest BCUT2D eigenvalue weighted by molar-refractivity contribution is 8.00. The first-order valence-electron chi connectivity index (χ1n) is 7.11. The summed E-state index contributed by atoms with van der Waals surface area (Å²) in [5.41, 5.74) is 0.747. The van der Waals surface area contributed by atoms with Crippen LogP contribution in [0.4, 0.5) is 5.69 Å². The first kappa shape index (κ1) is 17.0. The fraction of sp³-hybridized carbons (Fsp3) is 0.167. The van der Waals surface area contributed by atoms with Gasteiger partial charge in [0.05, 0.1) is 12.9 Å². The van der Waals surface area contributed by atoms with E-state index in [-0.39, 0.29) is 5.91 Å². The maximum Gasteiger partial charge on any atom is 0.234 e. The minimum absolute atomic E-state index is 0.0504. The van der Waals surface area contributed by atoms with Crippen molar-refractivity contribution in [3.8, 4) is 11.5 Å². The standard InChI is InChI=1S/C18H19NO3S/c1-3-12-22-16-6-4-14(5-7-16)19-18(20)13-23-17-10-8-15(21-2)9-11-17/h3-11H,1,12-13H2,2H3,(H,19,20). The van der Waals surface area contributed by atoms with Gasteiger partial charge in [0.1, 0.15) is 18.1 Å². The summed E-state index contributed by atoms with van der Waals surface area (Å²) in [6.45, 7) is 4.06. The number of benzene rings is 2. The lowest BCUT2D eigenvalue weighted by atomic mass is 10.3. The van der Waals surface area contributed by atoms with Gasteiger partial charge in [-0.05, 0) is 48.5 Å². The minimum atomic E-state index is -0.0504. The van der Waals surface area contributed by atoms with Crippen molar-refractivity contribution in [2.75, 3.05) is 24.8 Å². The molecular formula is C18H19NO3S. The molecule has 4 nitrogen and oxygen atoms in total. The zero-order valence-electron chi connectivity index (χ0n) is 13.0. The number of amides is 1. The molecule has 1 amide bonds. The van der Waals surface area contributed by atoms with Crippen LogP contribution < -0.4 is 14.8 Å². The topological polar surface area (TPSA) is 47.6 Å². The van der Waals surface area contributed by atoms with E-state index in [0.717, 1.165) is 22.1 Å². The first-order chi connectivity index (χ1) is 11.2. The fourth-order valence-corrected chi connectivity index (χ4v) is 2.51. The summed E-state index contributed by atoms with van der Waals surface area (Å²) in [5.74, 6) is 1.85. The molecule has 0 spiro atoms. The second kappa shape index (κ2) is 8.90. The predicted octanol–water partition coefficient (Wildman–Crippen LogP) is 3.99. The summed E-state index contributed by atoms with van der Waals surface area (Å²) in [7, 11) is 1.63. The smallest absolute Gasteiger partial charge is 0.234 e. The number of carbonyl (C=O) groups is 1. The summed E-state index contributed by atoms with van der Waals surface area (Å²) >= 11 is 1.48. The maximum absolute atomic E-state index is 12.0. The van der Waals surface area contributed by atoms with Gasteiger partial charge in [-0.1, -0.05) is 12.7 Å². The number of anilines is 1. The van der Waals surface area contributed by atoms with Crippen molar-refractivity contribution in [3.63, 3.8) is 0 Å². The second-order valence-electron chi connectivity index (χ2n) is 4.64. The quantitative estimate of drug-likeness (QED) is 0.587. The van der Waals surface area contributed by atoms with Crippen LogP contribution in [0.2, 0.25) is 0 Å². The Balaban J connectivity index is 1.80. The van der Waals surface area contributed by atoms with Crippen LogP contribution in [0.5, 0.6) is 11.5 Å². The van der Waals surface area contributed by atoms with Crippen LogP contribution in [0.15, 0.2) is 66.1 Å². The Morgan fingerprint density at radius 2 is 1.78 bits per heavy atom. The molecule has 0 atom stereocenters. The molecule has 2 aromatic rings. The van der Waals surface area contributed by atoms with Gasteiger partial charge in [0.25, 0.3) is 0 Å². The van der Waals surface area contributed by atoms with E-state index in [1.165, 1.54) is 11.8 Å². The van der Waals surface area contributed by atoms with Gasteiger partial charge >= 0.3 is 0 Å². The Bertz CT molecular complexity index is 638. The van der Waals surface area contributed by atoms with Gasteiger partial charge in [-0.25, -0.2) is 0 Å². The number of methoxy groups -OCH3 is 1. The van der Waals surface area contributed by atoms with E-state index in [1.807, 2.05) is 48.5 Å². The van der Waals surface area contributed by atoms with Crippen LogP contribution in [0.3, 0.4) is 0 Å². The van der Waals surface area contributed by atoms with Gasteiger partial charge in [-0.15, -0.1) is 11.8 Å². The molecule has 23 heavy (non-hydrogen) atoms. The third-order valence-corrected chi connectivity index (χ3v) is 3.95. The van der Waals surface area contributed by atoms with E-state index in [4.69, 9.17) is 9.47 Å². The predicted molar refractivity (Wildman–Crippen MR) is 94.5 cm³/mol. The average molecular weight is 329 g/mol. The molecule has 0 aliphatic rings. The molecule has 2 rings (SSSR count). The van der Waals surface area contributed by atoms with Crippen molar-refractivity contribution >= 4 is 23.4 Å². The highest BCUT2D eigenvalue weighted by Gasteiger charge is 2.04. The maximum atomic E-state index is 12.0. The van der Waals surface area contributed by atoms with E-state index < -0.39 is 0 Å². The molecule has 0 aliphatic carbocycles. The van der Waals surface area contributed by atoms with E-state index in [0.29, 0.717) is 12.4 Å². The second-order valence-corrected chi connectivity index (χ2v) is 5.69. The SMILES string of the molecule is C=CCOc1ccc(NC(=O)CSc2ccc(OC)cc2)cc1. The third-order valence-electron chi connectivity index (χ3n) is 2.94. The number of nitrogens with one attached hydrogen (secondary N) is 1. The van der Waals surface area contributed by atoms with Crippen molar-refractivity contribution in [1.82, 2.24) is 0 Å². The van der Waals surface area contributed by atoms with Crippen LogP contribution >= 0.6 is 11.8 Å². The molecule has 0 saturated heterocycles. The van der Waals surface area contributed by atoms with E-state index in [9.17, 15) is 4.79 Å². The van der Waals surface area contributed by atoms with Gasteiger partial charge in [0.15, 0.2) is 0 Å². The Labute approximate surface area is 140 Å². The van der Waals surface area contributed by atoms with E-state index in [2.05, 4.69) is 11.9 Å². The summed E-state index contributed by atoms with van der Waals surface area (Å²) in [6.07, 6.45) is 1.69. The monoisotopic (exact) mass is 329 g/mol. The Hall–Kier alpha value is -2.40. The van der Waals surface area contributed by atoms with Crippen molar-refractivity contribution in [1.29, 1.82) is 0 Å². The lowest BCUT2D eigenvalue weighted by Crippen LogP contribution is -2.13. The molecule has 0 radical (unpaired) electrons. The fourth-order valence-electron chi connectivity index (χ4n) is 1.81. The van der Waals surface area contributed by atoms with Gasteiger partial charge in [-0.2, -0.15) is 0 Å². The van der Waals surface area contributed by atoms with Gasteiger partial charge in [-0.3, -0.25) is 4.79 Å². The average Bonchev–Trinajstić information content (AvgIpc) is 2.60. The molecule has 0 heterocycles. The zero-order chi connectivity index (χ0) is 16.5. The number of ether oxygens (including phenoxy) is 2. The number of thioether (sulfide) groups is 1. The third kappa shape index (κ3) is 5.71. The van der Waals surface area contributed by atoms with E-state index >= 15 is 0 Å². The molecule has 1 N–H and O–H groups in total. The molecule has 0 saturated carbocycles. The van der Waals surface area contributed by atoms with Crippen molar-refractivity contribution in [2.45, 2.75) is 4.90 Å².